The van der Waals surface area contributed by atoms with Crippen LogP contribution in [-0.2, 0) is 10.2 Å². The summed E-state index contributed by atoms with van der Waals surface area (Å²) in [6, 6.07) is 3.69. The molecule has 28 heavy (non-hydrogen) atoms. The van der Waals surface area contributed by atoms with Crippen molar-refractivity contribution in [2.45, 2.75) is 38.2 Å². The lowest BCUT2D eigenvalue weighted by Crippen LogP contribution is -2.28. The van der Waals surface area contributed by atoms with E-state index in [-0.39, 0.29) is 24.5 Å². The van der Waals surface area contributed by atoms with Crippen LogP contribution in [0.25, 0.3) is 0 Å². The molecule has 1 unspecified atom stereocenters. The van der Waals surface area contributed by atoms with Gasteiger partial charge >= 0.3 is 0 Å². The lowest BCUT2D eigenvalue weighted by Gasteiger charge is -2.34. The lowest BCUT2D eigenvalue weighted by molar-refractivity contribution is 0.0536. The minimum Gasteiger partial charge on any atom is -0.494 e. The number of aliphatic hydroxyl groups is 2. The first-order chi connectivity index (χ1) is 13.3. The zero-order chi connectivity index (χ0) is 20.7. The largest absolute Gasteiger partial charge is 0.494 e. The number of aliphatic hydroxyl groups excluding tert-OH is 2. The Kier molecular flexibility index (Phi) is 8.97. The molecule has 2 atom stereocenters. The van der Waals surface area contributed by atoms with Crippen molar-refractivity contribution in [1.82, 2.24) is 0 Å². The number of hydrogen-bond acceptors (Lipinski definition) is 4. The lowest BCUT2D eigenvalue weighted by atomic mass is 9.71. The topological polar surface area (TPSA) is 58.9 Å². The van der Waals surface area contributed by atoms with Gasteiger partial charge in [-0.25, -0.2) is 0 Å². The highest BCUT2D eigenvalue weighted by atomic mass is 35.5. The summed E-state index contributed by atoms with van der Waals surface area (Å²) in [6.07, 6.45) is 6.93. The van der Waals surface area contributed by atoms with E-state index < -0.39 is 6.10 Å². The quantitative estimate of drug-likeness (QED) is 0.385. The Morgan fingerprint density at radius 1 is 1.21 bits per heavy atom. The van der Waals surface area contributed by atoms with Gasteiger partial charge in [0.1, 0.15) is 18.5 Å². The summed E-state index contributed by atoms with van der Waals surface area (Å²) in [6.45, 7) is 4.44. The zero-order valence-corrected chi connectivity index (χ0v) is 18.4. The number of benzene rings is 1. The molecule has 0 saturated carbocycles. The average molecular weight is 450 g/mol. The predicted molar refractivity (Wildman–Crippen MR) is 115 cm³/mol. The fraction of sp³-hybridized carbons (Fsp3) is 0.524. The Bertz CT molecular complexity index is 693. The molecule has 2 rings (SSSR count). The normalized spacial score (nSPS) is 18.0. The van der Waals surface area contributed by atoms with Crippen molar-refractivity contribution in [2.24, 2.45) is 5.92 Å². The second kappa shape index (κ2) is 10.7. The van der Waals surface area contributed by atoms with Crippen molar-refractivity contribution in [2.75, 3.05) is 25.7 Å². The molecule has 0 amide bonds. The molecule has 0 fully saturated rings. The molecule has 1 aromatic carbocycles. The van der Waals surface area contributed by atoms with Crippen LogP contribution in [0.1, 0.15) is 32.3 Å². The molecule has 0 saturated heterocycles. The van der Waals surface area contributed by atoms with Gasteiger partial charge in [0.05, 0.1) is 23.3 Å². The molecule has 1 aromatic rings. The maximum Gasteiger partial charge on any atom is 0.156 e. The van der Waals surface area contributed by atoms with E-state index in [0.29, 0.717) is 28.3 Å². The second-order valence-corrected chi connectivity index (χ2v) is 8.53. The van der Waals surface area contributed by atoms with Crippen molar-refractivity contribution in [1.29, 1.82) is 0 Å². The molecule has 0 radical (unpaired) electrons. The smallest absolute Gasteiger partial charge is 0.156 e. The summed E-state index contributed by atoms with van der Waals surface area (Å²) in [7, 11) is 0. The van der Waals surface area contributed by atoms with Gasteiger partial charge in [-0.05, 0) is 54.0 Å². The number of allylic oxidation sites excluding steroid dienone is 3. The van der Waals surface area contributed by atoms with E-state index in [0.717, 1.165) is 24.2 Å². The van der Waals surface area contributed by atoms with Gasteiger partial charge < -0.3 is 19.7 Å². The number of rotatable bonds is 10. The van der Waals surface area contributed by atoms with Gasteiger partial charge in [-0.15, -0.1) is 11.6 Å². The first-order valence-corrected chi connectivity index (χ1v) is 10.6. The van der Waals surface area contributed by atoms with E-state index >= 15 is 0 Å². The van der Waals surface area contributed by atoms with Crippen LogP contribution in [0.15, 0.2) is 36.1 Å². The highest BCUT2D eigenvalue weighted by molar-refractivity contribution is 6.37. The van der Waals surface area contributed by atoms with Crippen LogP contribution in [0.2, 0.25) is 10.0 Å². The number of hydrogen-bond donors (Lipinski definition) is 2. The number of halogens is 3. The highest BCUT2D eigenvalue weighted by Gasteiger charge is 2.31. The maximum atomic E-state index is 9.45. The van der Waals surface area contributed by atoms with Gasteiger partial charge in [0, 0.05) is 5.88 Å². The molecule has 0 spiro atoms. The van der Waals surface area contributed by atoms with Gasteiger partial charge in [0.2, 0.25) is 0 Å². The Morgan fingerprint density at radius 2 is 1.89 bits per heavy atom. The summed E-state index contributed by atoms with van der Waals surface area (Å²) in [5.41, 5.74) is 0.776. The first kappa shape index (κ1) is 23.4. The minimum absolute atomic E-state index is 0.0820. The SMILES string of the molecule is CC(C)(c1cc(Cl)c(OC[C@H](O)CO)c(Cl)c1)C1C=CC(OCCCCl)=CC1. The van der Waals surface area contributed by atoms with Crippen molar-refractivity contribution >= 4 is 34.8 Å². The predicted octanol–water partition coefficient (Wildman–Crippen LogP) is 5.11. The summed E-state index contributed by atoms with van der Waals surface area (Å²) >= 11 is 18.4. The summed E-state index contributed by atoms with van der Waals surface area (Å²) in [4.78, 5) is 0. The van der Waals surface area contributed by atoms with Crippen LogP contribution in [0.4, 0.5) is 0 Å². The van der Waals surface area contributed by atoms with Crippen molar-refractivity contribution in [3.05, 3.63) is 51.7 Å². The molecule has 156 valence electrons. The molecule has 1 aliphatic rings. The van der Waals surface area contributed by atoms with Gasteiger partial charge in [-0.2, -0.15) is 0 Å². The summed E-state index contributed by atoms with van der Waals surface area (Å²) in [5, 5.41) is 19.1. The highest BCUT2D eigenvalue weighted by Crippen LogP contribution is 2.42. The van der Waals surface area contributed by atoms with Gasteiger partial charge in [0.25, 0.3) is 0 Å². The molecule has 2 N–H and O–H groups in total. The fourth-order valence-electron chi connectivity index (χ4n) is 3.00. The second-order valence-electron chi connectivity index (χ2n) is 7.34. The van der Waals surface area contributed by atoms with E-state index in [4.69, 9.17) is 49.4 Å². The molecular formula is C21H27Cl3O4. The Hall–Kier alpha value is -0.910. The fourth-order valence-corrected chi connectivity index (χ4v) is 3.71. The summed E-state index contributed by atoms with van der Waals surface area (Å²) < 4.78 is 11.2. The maximum absolute atomic E-state index is 9.45. The molecular weight excluding hydrogens is 423 g/mol. The van der Waals surface area contributed by atoms with E-state index in [1.165, 1.54) is 0 Å². The molecule has 0 heterocycles. The number of alkyl halides is 1. The van der Waals surface area contributed by atoms with E-state index in [1.807, 2.05) is 18.2 Å². The standard InChI is InChI=1S/C21H27Cl3O4/c1-21(2,14-4-6-17(7-5-14)27-9-3-8-22)15-10-18(23)20(19(24)11-15)28-13-16(26)12-25/h4,6-7,10-11,14,16,25-26H,3,5,8-9,12-13H2,1-2H3/t14?,16-/m1/s1. The molecule has 0 bridgehead atoms. The summed E-state index contributed by atoms with van der Waals surface area (Å²) in [5.74, 6) is 2.03. The van der Waals surface area contributed by atoms with Crippen LogP contribution in [-0.4, -0.2) is 42.0 Å². The van der Waals surface area contributed by atoms with Gasteiger partial charge in [-0.3, -0.25) is 0 Å². The van der Waals surface area contributed by atoms with E-state index in [2.05, 4.69) is 26.0 Å². The van der Waals surface area contributed by atoms with Crippen LogP contribution >= 0.6 is 34.8 Å². The van der Waals surface area contributed by atoms with Crippen molar-refractivity contribution < 1.29 is 19.7 Å². The van der Waals surface area contributed by atoms with Gasteiger partial charge in [-0.1, -0.05) is 43.1 Å². The zero-order valence-electron chi connectivity index (χ0n) is 16.1. The Labute approximate surface area is 181 Å². The van der Waals surface area contributed by atoms with Crippen LogP contribution < -0.4 is 4.74 Å². The Morgan fingerprint density at radius 3 is 2.43 bits per heavy atom. The third-order valence-corrected chi connectivity index (χ3v) is 5.74. The van der Waals surface area contributed by atoms with Crippen LogP contribution in [0.3, 0.4) is 0 Å². The third kappa shape index (κ3) is 6.04. The Balaban J connectivity index is 2.10. The third-order valence-electron chi connectivity index (χ3n) is 4.91. The number of ether oxygens (including phenoxy) is 2. The average Bonchev–Trinajstić information content (AvgIpc) is 2.67. The molecule has 7 heteroatoms. The van der Waals surface area contributed by atoms with Crippen molar-refractivity contribution in [3.8, 4) is 5.75 Å². The molecule has 1 aliphatic carbocycles. The first-order valence-electron chi connectivity index (χ1n) is 9.28. The monoisotopic (exact) mass is 448 g/mol. The van der Waals surface area contributed by atoms with Gasteiger partial charge in [0.15, 0.2) is 5.75 Å². The van der Waals surface area contributed by atoms with Crippen molar-refractivity contribution in [3.63, 3.8) is 0 Å². The van der Waals surface area contributed by atoms with Crippen LogP contribution in [0, 0.1) is 5.92 Å². The van der Waals surface area contributed by atoms with E-state index in [9.17, 15) is 5.11 Å². The molecule has 0 aromatic heterocycles. The molecule has 0 aliphatic heterocycles. The molecule has 4 nitrogen and oxygen atoms in total. The van der Waals surface area contributed by atoms with Crippen LogP contribution in [0.5, 0.6) is 5.75 Å². The van der Waals surface area contributed by atoms with E-state index in [1.54, 1.807) is 0 Å². The minimum atomic E-state index is -0.983.